The second-order valence-electron chi connectivity index (χ2n) is 12.6. The number of rotatable bonds is 7. The first kappa shape index (κ1) is 29.5. The number of fused-ring (bicyclic) bond motifs is 2. The molecule has 8 aromatic carbocycles. The summed E-state index contributed by atoms with van der Waals surface area (Å²) in [6.07, 6.45) is 0. The molecule has 0 saturated heterocycles. The molecule has 0 saturated carbocycles. The van der Waals surface area contributed by atoms with Crippen LogP contribution in [0.5, 0.6) is 0 Å². The first-order valence-corrected chi connectivity index (χ1v) is 17.0. The first-order valence-electron chi connectivity index (χ1n) is 17.0. The minimum atomic E-state index is 0.884. The number of benzene rings is 8. The van der Waals surface area contributed by atoms with Gasteiger partial charge in [-0.2, -0.15) is 0 Å². The van der Waals surface area contributed by atoms with Gasteiger partial charge >= 0.3 is 0 Å². The van der Waals surface area contributed by atoms with E-state index in [1.54, 1.807) is 0 Å². The summed E-state index contributed by atoms with van der Waals surface area (Å²) in [7, 11) is 0. The van der Waals surface area contributed by atoms with Crippen LogP contribution in [0.3, 0.4) is 0 Å². The fourth-order valence-electron chi connectivity index (χ4n) is 6.85. The summed E-state index contributed by atoms with van der Waals surface area (Å²) >= 11 is 0. The van der Waals surface area contributed by atoms with Crippen molar-refractivity contribution in [1.29, 1.82) is 0 Å². The molecule has 0 fully saturated rings. The standard InChI is InChI=1S/C48H33NO/c1-2-10-34(11-3-1)41-16-9-18-45(31-41)49(46-29-26-35-12-4-5-13-40(35)32-46)44-27-24-37(25-28-44)36-20-22-38(23-21-36)39-15-8-17-42(30-39)48-33-43-14-6-7-19-47(43)50-48/h1-33H. The summed E-state index contributed by atoms with van der Waals surface area (Å²) in [5.74, 6) is 0.884. The highest BCUT2D eigenvalue weighted by Gasteiger charge is 2.15. The number of para-hydroxylation sites is 1. The van der Waals surface area contributed by atoms with Gasteiger partial charge in [-0.25, -0.2) is 0 Å². The summed E-state index contributed by atoms with van der Waals surface area (Å²) in [5, 5.41) is 3.56. The molecule has 1 heterocycles. The highest BCUT2D eigenvalue weighted by atomic mass is 16.3. The van der Waals surface area contributed by atoms with Crippen LogP contribution >= 0.6 is 0 Å². The second-order valence-corrected chi connectivity index (χ2v) is 12.6. The highest BCUT2D eigenvalue weighted by Crippen LogP contribution is 2.39. The molecule has 0 aliphatic heterocycles. The zero-order valence-corrected chi connectivity index (χ0v) is 27.4. The third kappa shape index (κ3) is 5.74. The average Bonchev–Trinajstić information content (AvgIpc) is 3.64. The molecule has 0 aliphatic rings. The van der Waals surface area contributed by atoms with Gasteiger partial charge < -0.3 is 9.32 Å². The normalized spacial score (nSPS) is 11.2. The van der Waals surface area contributed by atoms with E-state index in [9.17, 15) is 0 Å². The predicted molar refractivity (Wildman–Crippen MR) is 210 cm³/mol. The Kier molecular flexibility index (Phi) is 7.53. The minimum Gasteiger partial charge on any atom is -0.456 e. The van der Waals surface area contributed by atoms with Gasteiger partial charge in [-0.1, -0.05) is 146 Å². The molecule has 0 radical (unpaired) electrons. The molecule has 2 nitrogen and oxygen atoms in total. The van der Waals surface area contributed by atoms with Crippen molar-refractivity contribution in [2.45, 2.75) is 0 Å². The molecule has 236 valence electrons. The topological polar surface area (TPSA) is 16.4 Å². The number of anilines is 3. The Bertz CT molecular complexity index is 2550. The molecule has 9 rings (SSSR count). The lowest BCUT2D eigenvalue weighted by atomic mass is 9.98. The van der Waals surface area contributed by atoms with Gasteiger partial charge in [-0.05, 0) is 98.8 Å². The van der Waals surface area contributed by atoms with Crippen LogP contribution in [0.15, 0.2) is 205 Å². The van der Waals surface area contributed by atoms with Crippen LogP contribution < -0.4 is 4.90 Å². The fourth-order valence-corrected chi connectivity index (χ4v) is 6.85. The van der Waals surface area contributed by atoms with Gasteiger partial charge in [0.1, 0.15) is 11.3 Å². The van der Waals surface area contributed by atoms with E-state index in [2.05, 4.69) is 187 Å². The van der Waals surface area contributed by atoms with Crippen LogP contribution in [0.4, 0.5) is 17.1 Å². The number of nitrogens with zero attached hydrogens (tertiary/aromatic N) is 1. The lowest BCUT2D eigenvalue weighted by molar-refractivity contribution is 0.631. The van der Waals surface area contributed by atoms with Gasteiger partial charge in [0.2, 0.25) is 0 Å². The second kappa shape index (κ2) is 12.8. The molecular weight excluding hydrogens is 607 g/mol. The Morgan fingerprint density at radius 3 is 1.56 bits per heavy atom. The van der Waals surface area contributed by atoms with Crippen molar-refractivity contribution in [1.82, 2.24) is 0 Å². The van der Waals surface area contributed by atoms with Gasteiger partial charge in [0, 0.05) is 28.0 Å². The summed E-state index contributed by atoms with van der Waals surface area (Å²) < 4.78 is 6.15. The van der Waals surface area contributed by atoms with E-state index in [0.717, 1.165) is 44.9 Å². The van der Waals surface area contributed by atoms with Gasteiger partial charge in [-0.15, -0.1) is 0 Å². The van der Waals surface area contributed by atoms with Crippen molar-refractivity contribution in [3.8, 4) is 44.7 Å². The molecule has 1 aromatic heterocycles. The van der Waals surface area contributed by atoms with E-state index < -0.39 is 0 Å². The largest absolute Gasteiger partial charge is 0.456 e. The van der Waals surface area contributed by atoms with E-state index >= 15 is 0 Å². The smallest absolute Gasteiger partial charge is 0.135 e. The molecule has 0 spiro atoms. The Labute approximate surface area is 292 Å². The number of hydrogen-bond donors (Lipinski definition) is 0. The fraction of sp³-hybridized carbons (Fsp3) is 0. The molecule has 0 N–H and O–H groups in total. The van der Waals surface area contributed by atoms with Crippen LogP contribution in [0, 0.1) is 0 Å². The van der Waals surface area contributed by atoms with Crippen LogP contribution in [0.25, 0.3) is 66.4 Å². The van der Waals surface area contributed by atoms with Crippen molar-refractivity contribution >= 4 is 38.8 Å². The van der Waals surface area contributed by atoms with Crippen molar-refractivity contribution in [3.63, 3.8) is 0 Å². The van der Waals surface area contributed by atoms with Crippen LogP contribution in [-0.4, -0.2) is 0 Å². The molecule has 0 atom stereocenters. The maximum Gasteiger partial charge on any atom is 0.135 e. The van der Waals surface area contributed by atoms with Crippen LogP contribution in [0.1, 0.15) is 0 Å². The van der Waals surface area contributed by atoms with Crippen LogP contribution in [0.2, 0.25) is 0 Å². The molecule has 0 aliphatic carbocycles. The van der Waals surface area contributed by atoms with Crippen molar-refractivity contribution in [2.24, 2.45) is 0 Å². The number of furan rings is 1. The Balaban J connectivity index is 1.03. The van der Waals surface area contributed by atoms with Crippen LogP contribution in [-0.2, 0) is 0 Å². The van der Waals surface area contributed by atoms with E-state index in [-0.39, 0.29) is 0 Å². The predicted octanol–water partition coefficient (Wildman–Crippen LogP) is 13.7. The van der Waals surface area contributed by atoms with Crippen molar-refractivity contribution in [3.05, 3.63) is 200 Å². The summed E-state index contributed by atoms with van der Waals surface area (Å²) in [4.78, 5) is 2.35. The molecule has 50 heavy (non-hydrogen) atoms. The van der Waals surface area contributed by atoms with E-state index in [0.29, 0.717) is 0 Å². The van der Waals surface area contributed by atoms with Gasteiger partial charge in [-0.3, -0.25) is 0 Å². The zero-order valence-electron chi connectivity index (χ0n) is 27.4. The SMILES string of the molecule is c1ccc(-c2cccc(N(c3ccc(-c4ccc(-c5cccc(-c6cc7ccccc7o6)c5)cc4)cc3)c3ccc4ccccc4c3)c2)cc1. The summed E-state index contributed by atoms with van der Waals surface area (Å²) in [6, 6.07) is 71.2. The monoisotopic (exact) mass is 639 g/mol. The third-order valence-corrected chi connectivity index (χ3v) is 9.45. The third-order valence-electron chi connectivity index (χ3n) is 9.45. The lowest BCUT2D eigenvalue weighted by Crippen LogP contribution is -2.10. The Hall–Kier alpha value is -6.64. The maximum atomic E-state index is 6.15. The van der Waals surface area contributed by atoms with Gasteiger partial charge in [0.05, 0.1) is 0 Å². The van der Waals surface area contributed by atoms with Crippen molar-refractivity contribution in [2.75, 3.05) is 4.90 Å². The molecule has 2 heteroatoms. The molecule has 0 bridgehead atoms. The molecule has 0 unspecified atom stereocenters. The quantitative estimate of drug-likeness (QED) is 0.173. The van der Waals surface area contributed by atoms with E-state index in [1.165, 1.54) is 38.6 Å². The van der Waals surface area contributed by atoms with E-state index in [4.69, 9.17) is 4.42 Å². The van der Waals surface area contributed by atoms with Gasteiger partial charge in [0.15, 0.2) is 0 Å². The molecule has 0 amide bonds. The summed E-state index contributed by atoms with van der Waals surface area (Å²) in [5.41, 5.74) is 12.4. The molecular formula is C48H33NO. The first-order chi connectivity index (χ1) is 24.7. The number of hydrogen-bond acceptors (Lipinski definition) is 2. The minimum absolute atomic E-state index is 0.884. The highest BCUT2D eigenvalue weighted by molar-refractivity contribution is 5.90. The van der Waals surface area contributed by atoms with Gasteiger partial charge in [0.25, 0.3) is 0 Å². The Morgan fingerprint density at radius 1 is 0.280 bits per heavy atom. The molecule has 9 aromatic rings. The van der Waals surface area contributed by atoms with E-state index in [1.807, 2.05) is 18.2 Å². The average molecular weight is 640 g/mol. The Morgan fingerprint density at radius 2 is 0.800 bits per heavy atom. The zero-order chi connectivity index (χ0) is 33.3. The summed E-state index contributed by atoms with van der Waals surface area (Å²) in [6.45, 7) is 0. The lowest BCUT2D eigenvalue weighted by Gasteiger charge is -2.26. The van der Waals surface area contributed by atoms with Crippen molar-refractivity contribution < 1.29 is 4.42 Å². The maximum absolute atomic E-state index is 6.15.